The van der Waals surface area contributed by atoms with E-state index in [1.54, 1.807) is 24.3 Å². The second-order valence-electron chi connectivity index (χ2n) is 14.8. The molecule has 3 amide bonds. The van der Waals surface area contributed by atoms with Gasteiger partial charge in [0.05, 0.1) is 6.61 Å². The largest absolute Gasteiger partial charge is 0.463 e. The zero-order chi connectivity index (χ0) is 46.3. The SMILES string of the molecule is CNC(=O)[C@@H](CCC(=O)OCc1ccccc1)NC(=O)[C@H](CO[C@H]1O[C@H](COC(C)=O)[C@@H](OC(C)=O)[C@H](OC(C)=O)[C@@H]1OC(C)=O)NC(=O)OCC1c2ccccc2-c2ccccc21. The normalized spacial score (nSPS) is 19.5. The number of rotatable bonds is 19. The molecule has 1 aliphatic carbocycles. The quantitative estimate of drug-likeness (QED) is 0.116. The van der Waals surface area contributed by atoms with Crippen molar-refractivity contribution in [1.29, 1.82) is 0 Å². The number of hydrogen-bond donors (Lipinski definition) is 3. The van der Waals surface area contributed by atoms with E-state index in [-0.39, 0.29) is 32.0 Å². The Kier molecular flexibility index (Phi) is 17.3. The minimum absolute atomic E-state index is 0.0145. The number of ether oxygens (including phenoxy) is 8. The second-order valence-corrected chi connectivity index (χ2v) is 14.8. The first-order valence-electron chi connectivity index (χ1n) is 20.4. The molecule has 1 heterocycles. The highest BCUT2D eigenvalue weighted by Gasteiger charge is 2.53. The monoisotopic (exact) mass is 889 g/mol. The number of likely N-dealkylation sites (N-methyl/N-ethyl adjacent to an activating group) is 1. The topological polar surface area (TPSA) is 246 Å². The summed E-state index contributed by atoms with van der Waals surface area (Å²) >= 11 is 0. The van der Waals surface area contributed by atoms with Gasteiger partial charge in [0.15, 0.2) is 24.6 Å². The van der Waals surface area contributed by atoms with Gasteiger partial charge in [-0.1, -0.05) is 78.9 Å². The summed E-state index contributed by atoms with van der Waals surface area (Å²) in [5.74, 6) is -6.03. The molecule has 0 unspecified atom stereocenters. The molecule has 3 aromatic rings. The van der Waals surface area contributed by atoms with E-state index >= 15 is 0 Å². The van der Waals surface area contributed by atoms with Crippen molar-refractivity contribution in [3.8, 4) is 11.1 Å². The van der Waals surface area contributed by atoms with Crippen LogP contribution in [0, 0.1) is 0 Å². The third kappa shape index (κ3) is 13.3. The average molecular weight is 890 g/mol. The lowest BCUT2D eigenvalue weighted by Crippen LogP contribution is -2.63. The van der Waals surface area contributed by atoms with Gasteiger partial charge in [0.1, 0.15) is 38.0 Å². The van der Waals surface area contributed by atoms with Crippen LogP contribution in [0.15, 0.2) is 78.9 Å². The molecule has 19 heteroatoms. The van der Waals surface area contributed by atoms with E-state index in [4.69, 9.17) is 37.9 Å². The maximum absolute atomic E-state index is 14.1. The first-order chi connectivity index (χ1) is 30.6. The van der Waals surface area contributed by atoms with Crippen LogP contribution in [0.2, 0.25) is 0 Å². The fourth-order valence-electron chi connectivity index (χ4n) is 7.27. The Bertz CT molecular complexity index is 2120. The number of hydrogen-bond acceptors (Lipinski definition) is 16. The van der Waals surface area contributed by atoms with Crippen LogP contribution in [0.1, 0.15) is 63.1 Å². The Morgan fingerprint density at radius 1 is 0.609 bits per heavy atom. The van der Waals surface area contributed by atoms with Crippen molar-refractivity contribution in [2.24, 2.45) is 0 Å². The lowest BCUT2D eigenvalue weighted by Gasteiger charge is -2.44. The average Bonchev–Trinajstić information content (AvgIpc) is 3.58. The maximum atomic E-state index is 14.1. The second kappa shape index (κ2) is 23.0. The number of benzene rings is 3. The Hall–Kier alpha value is -6.86. The molecule has 1 fully saturated rings. The van der Waals surface area contributed by atoms with E-state index in [1.165, 1.54) is 7.05 Å². The zero-order valence-corrected chi connectivity index (χ0v) is 35.9. The molecule has 3 aromatic carbocycles. The summed E-state index contributed by atoms with van der Waals surface area (Å²) in [6.45, 7) is 2.78. The maximum Gasteiger partial charge on any atom is 0.407 e. The standard InChI is InChI=1S/C45H51N3O16/c1-25(49)57-24-37-39(61-26(2)50)40(62-27(3)51)41(63-28(4)52)44(64-37)59-23-36(43(55)47-35(42(54)46-5)19-20-38(53)58-21-29-13-7-6-8-14-29)48-45(56)60-22-34-32-17-11-9-15-30(32)31-16-10-12-18-33(31)34/h6-18,34-37,39-41,44H,19-24H2,1-5H3,(H,46,54)(H,47,55)(H,48,56)/t35-,36+,37-,39-,40+,41+,44+/m1/s1. The molecule has 0 aromatic heterocycles. The molecule has 19 nitrogen and oxygen atoms in total. The molecule has 5 rings (SSSR count). The highest BCUT2D eigenvalue weighted by atomic mass is 16.7. The molecule has 0 radical (unpaired) electrons. The van der Waals surface area contributed by atoms with Crippen molar-refractivity contribution in [1.82, 2.24) is 16.0 Å². The molecule has 7 atom stereocenters. The van der Waals surface area contributed by atoms with Crippen LogP contribution in [0.25, 0.3) is 11.1 Å². The number of carbonyl (C=O) groups excluding carboxylic acids is 8. The van der Waals surface area contributed by atoms with E-state index in [0.29, 0.717) is 0 Å². The molecule has 1 aliphatic heterocycles. The van der Waals surface area contributed by atoms with Gasteiger partial charge in [0.2, 0.25) is 11.8 Å². The number of carbonyl (C=O) groups is 8. The Balaban J connectivity index is 1.38. The van der Waals surface area contributed by atoms with Crippen LogP contribution in [-0.2, 0) is 78.1 Å². The lowest BCUT2D eigenvalue weighted by molar-refractivity contribution is -0.308. The molecule has 0 saturated carbocycles. The molecule has 3 N–H and O–H groups in total. The number of nitrogens with one attached hydrogen (secondary N) is 3. The Morgan fingerprint density at radius 3 is 1.78 bits per heavy atom. The number of amides is 3. The minimum Gasteiger partial charge on any atom is -0.463 e. The number of fused-ring (bicyclic) bond motifs is 3. The van der Waals surface area contributed by atoms with Gasteiger partial charge >= 0.3 is 35.9 Å². The molecule has 2 aliphatic rings. The summed E-state index contributed by atoms with van der Waals surface area (Å²) in [4.78, 5) is 102. The molecule has 0 spiro atoms. The van der Waals surface area contributed by atoms with Crippen molar-refractivity contribution in [2.45, 2.75) is 95.9 Å². The van der Waals surface area contributed by atoms with Gasteiger partial charge in [-0.2, -0.15) is 0 Å². The van der Waals surface area contributed by atoms with Crippen molar-refractivity contribution < 1.29 is 76.3 Å². The summed E-state index contributed by atoms with van der Waals surface area (Å²) in [5.41, 5.74) is 4.55. The Morgan fingerprint density at radius 2 is 1.19 bits per heavy atom. The van der Waals surface area contributed by atoms with Crippen LogP contribution in [0.5, 0.6) is 0 Å². The van der Waals surface area contributed by atoms with Crippen LogP contribution < -0.4 is 16.0 Å². The first-order valence-corrected chi connectivity index (χ1v) is 20.4. The molecule has 1 saturated heterocycles. The molecule has 64 heavy (non-hydrogen) atoms. The van der Waals surface area contributed by atoms with Crippen molar-refractivity contribution in [2.75, 3.05) is 26.9 Å². The molecular weight excluding hydrogens is 838 g/mol. The predicted molar refractivity (Wildman–Crippen MR) is 221 cm³/mol. The van der Waals surface area contributed by atoms with Crippen molar-refractivity contribution >= 4 is 47.8 Å². The van der Waals surface area contributed by atoms with Gasteiger partial charge in [0, 0.05) is 47.1 Å². The molecule has 342 valence electrons. The van der Waals surface area contributed by atoms with E-state index in [0.717, 1.165) is 55.5 Å². The molecular formula is C45H51N3O16. The van der Waals surface area contributed by atoms with Crippen LogP contribution in [0.3, 0.4) is 0 Å². The zero-order valence-electron chi connectivity index (χ0n) is 35.9. The van der Waals surface area contributed by atoms with E-state index < -0.39 is 104 Å². The lowest BCUT2D eigenvalue weighted by atomic mass is 9.98. The fraction of sp³-hybridized carbons (Fsp3) is 0.422. The summed E-state index contributed by atoms with van der Waals surface area (Å²) < 4.78 is 44.5. The van der Waals surface area contributed by atoms with E-state index in [2.05, 4.69) is 16.0 Å². The third-order valence-corrected chi connectivity index (χ3v) is 10.1. The summed E-state index contributed by atoms with van der Waals surface area (Å²) in [6, 6.07) is 21.3. The minimum atomic E-state index is -1.73. The van der Waals surface area contributed by atoms with E-state index in [9.17, 15) is 38.4 Å². The van der Waals surface area contributed by atoms with Crippen molar-refractivity contribution in [3.63, 3.8) is 0 Å². The third-order valence-electron chi connectivity index (χ3n) is 10.1. The number of esters is 5. The van der Waals surface area contributed by atoms with Crippen LogP contribution >= 0.6 is 0 Å². The summed E-state index contributed by atoms with van der Waals surface area (Å²) in [6.07, 6.45) is -9.40. The highest BCUT2D eigenvalue weighted by Crippen LogP contribution is 2.44. The van der Waals surface area contributed by atoms with Crippen LogP contribution in [0.4, 0.5) is 4.79 Å². The van der Waals surface area contributed by atoms with Crippen molar-refractivity contribution in [3.05, 3.63) is 95.6 Å². The number of alkyl carbamates (subject to hydrolysis) is 1. The predicted octanol–water partition coefficient (Wildman–Crippen LogP) is 2.75. The molecule has 0 bridgehead atoms. The fourth-order valence-corrected chi connectivity index (χ4v) is 7.27. The first kappa shape index (κ1) is 48.2. The Labute approximate surface area is 368 Å². The summed E-state index contributed by atoms with van der Waals surface area (Å²) in [5, 5.41) is 7.45. The summed E-state index contributed by atoms with van der Waals surface area (Å²) in [7, 11) is 1.33. The van der Waals surface area contributed by atoms with Gasteiger partial charge < -0.3 is 53.8 Å². The van der Waals surface area contributed by atoms with Gasteiger partial charge in [-0.25, -0.2) is 4.79 Å². The van der Waals surface area contributed by atoms with Gasteiger partial charge in [0.25, 0.3) is 0 Å². The highest BCUT2D eigenvalue weighted by molar-refractivity contribution is 5.91. The van der Waals surface area contributed by atoms with Gasteiger partial charge in [-0.3, -0.25) is 33.6 Å². The van der Waals surface area contributed by atoms with Crippen LogP contribution in [-0.4, -0.2) is 117 Å². The van der Waals surface area contributed by atoms with E-state index in [1.807, 2.05) is 54.6 Å². The van der Waals surface area contributed by atoms with Gasteiger partial charge in [-0.15, -0.1) is 0 Å². The van der Waals surface area contributed by atoms with Gasteiger partial charge in [-0.05, 0) is 34.2 Å². The smallest absolute Gasteiger partial charge is 0.407 e.